The number of carbonyl (C=O) groups is 2. The van der Waals surface area contributed by atoms with E-state index in [-0.39, 0.29) is 36.4 Å². The molecular weight excluding hydrogens is 292 g/mol. The molecule has 1 aromatic rings. The smallest absolute Gasteiger partial charge is 0.323 e. The minimum atomic E-state index is -0.726. The van der Waals surface area contributed by atoms with Crippen LogP contribution in [0.4, 0.5) is 4.79 Å². The van der Waals surface area contributed by atoms with Gasteiger partial charge in [-0.2, -0.15) is 5.10 Å². The summed E-state index contributed by atoms with van der Waals surface area (Å²) in [5.74, 6) is 0.253. The summed E-state index contributed by atoms with van der Waals surface area (Å²) in [6.07, 6.45) is 4.96. The minimum absolute atomic E-state index is 0.0821. The number of carbonyl (C=O) groups excluding carboxylic acids is 2. The van der Waals surface area contributed by atoms with Crippen LogP contribution in [-0.4, -0.2) is 32.2 Å². The average Bonchev–Trinajstić information content (AvgIpc) is 3.05. The molecule has 2 aliphatic rings. The number of amides is 3. The number of rotatable bonds is 3. The van der Waals surface area contributed by atoms with E-state index in [1.54, 1.807) is 0 Å². The van der Waals surface area contributed by atoms with Crippen LogP contribution >= 0.6 is 0 Å². The van der Waals surface area contributed by atoms with Crippen LogP contribution in [0.5, 0.6) is 0 Å². The largest absolute Gasteiger partial charge is 0.325 e. The molecule has 3 amide bonds. The first-order valence-electron chi connectivity index (χ1n) is 8.54. The Morgan fingerprint density at radius 1 is 1.30 bits per heavy atom. The van der Waals surface area contributed by atoms with Crippen LogP contribution in [0.3, 0.4) is 0 Å². The molecule has 1 spiro atoms. The Morgan fingerprint density at radius 3 is 2.52 bits per heavy atom. The number of aromatic nitrogens is 2. The van der Waals surface area contributed by atoms with Gasteiger partial charge in [-0.25, -0.2) is 4.79 Å². The molecular formula is C17H26N4O2. The van der Waals surface area contributed by atoms with Gasteiger partial charge in [0.1, 0.15) is 5.54 Å². The molecule has 2 atom stereocenters. The fraction of sp³-hybridized carbons (Fsp3) is 0.706. The molecule has 1 saturated heterocycles. The third kappa shape index (κ3) is 2.44. The Balaban J connectivity index is 1.83. The normalized spacial score (nSPS) is 27.1. The topological polar surface area (TPSA) is 67.2 Å². The van der Waals surface area contributed by atoms with Crippen LogP contribution in [0.1, 0.15) is 58.7 Å². The van der Waals surface area contributed by atoms with Gasteiger partial charge in [-0.05, 0) is 44.6 Å². The number of urea groups is 1. The first kappa shape index (κ1) is 16.0. The van der Waals surface area contributed by atoms with Gasteiger partial charge in [0, 0.05) is 12.2 Å². The summed E-state index contributed by atoms with van der Waals surface area (Å²) in [6.45, 7) is 8.48. The molecule has 1 aliphatic heterocycles. The van der Waals surface area contributed by atoms with Crippen LogP contribution in [0, 0.1) is 11.8 Å². The van der Waals surface area contributed by atoms with Crippen LogP contribution in [0.2, 0.25) is 0 Å². The molecule has 23 heavy (non-hydrogen) atoms. The van der Waals surface area contributed by atoms with E-state index in [1.165, 1.54) is 4.90 Å². The first-order valence-corrected chi connectivity index (χ1v) is 8.54. The zero-order valence-corrected chi connectivity index (χ0v) is 14.4. The lowest BCUT2D eigenvalue weighted by atomic mass is 9.67. The lowest BCUT2D eigenvalue weighted by Crippen LogP contribution is -2.58. The van der Waals surface area contributed by atoms with Crippen molar-refractivity contribution in [1.82, 2.24) is 20.0 Å². The lowest BCUT2D eigenvalue weighted by Gasteiger charge is -2.42. The SMILES string of the molecule is CC(C)n1ccc(CN2C(=O)NC3(C2=O)[C@@H](C)CCC[C@@H]3C)n1. The van der Waals surface area contributed by atoms with E-state index in [0.717, 1.165) is 25.0 Å². The van der Waals surface area contributed by atoms with Gasteiger partial charge >= 0.3 is 6.03 Å². The predicted molar refractivity (Wildman–Crippen MR) is 86.6 cm³/mol. The van der Waals surface area contributed by atoms with E-state index >= 15 is 0 Å². The molecule has 0 aromatic carbocycles. The lowest BCUT2D eigenvalue weighted by molar-refractivity contribution is -0.137. The van der Waals surface area contributed by atoms with Gasteiger partial charge in [0.15, 0.2) is 0 Å². The van der Waals surface area contributed by atoms with E-state index in [9.17, 15) is 9.59 Å². The van der Waals surface area contributed by atoms with Crippen LogP contribution in [0.25, 0.3) is 0 Å². The molecule has 1 aromatic heterocycles. The number of hydrogen-bond acceptors (Lipinski definition) is 3. The highest BCUT2D eigenvalue weighted by Gasteiger charge is 2.58. The summed E-state index contributed by atoms with van der Waals surface area (Å²) in [5, 5.41) is 7.48. The maximum Gasteiger partial charge on any atom is 0.325 e. The third-order valence-electron chi connectivity index (χ3n) is 5.50. The molecule has 0 radical (unpaired) electrons. The summed E-state index contributed by atoms with van der Waals surface area (Å²) in [5.41, 5.74) is 0.0195. The van der Waals surface area contributed by atoms with Crippen molar-refractivity contribution in [1.29, 1.82) is 0 Å². The molecule has 2 fully saturated rings. The summed E-state index contributed by atoms with van der Waals surface area (Å²) < 4.78 is 1.84. The molecule has 2 heterocycles. The van der Waals surface area contributed by atoms with Gasteiger partial charge in [-0.3, -0.25) is 14.4 Å². The average molecular weight is 318 g/mol. The molecule has 0 unspecified atom stereocenters. The van der Waals surface area contributed by atoms with Gasteiger partial charge in [-0.15, -0.1) is 0 Å². The predicted octanol–water partition coefficient (Wildman–Crippen LogP) is 2.71. The molecule has 6 heteroatoms. The van der Waals surface area contributed by atoms with Crippen molar-refractivity contribution in [2.24, 2.45) is 11.8 Å². The van der Waals surface area contributed by atoms with E-state index in [2.05, 4.69) is 24.3 Å². The fourth-order valence-electron chi connectivity index (χ4n) is 4.01. The molecule has 126 valence electrons. The van der Waals surface area contributed by atoms with Crippen molar-refractivity contribution in [3.05, 3.63) is 18.0 Å². The maximum absolute atomic E-state index is 13.1. The minimum Gasteiger partial charge on any atom is -0.323 e. The zero-order valence-electron chi connectivity index (χ0n) is 14.4. The van der Waals surface area contributed by atoms with E-state index in [4.69, 9.17) is 0 Å². The van der Waals surface area contributed by atoms with Crippen molar-refractivity contribution in [3.8, 4) is 0 Å². The highest BCUT2D eigenvalue weighted by molar-refractivity contribution is 6.07. The Hall–Kier alpha value is -1.85. The molecule has 0 bridgehead atoms. The van der Waals surface area contributed by atoms with Gasteiger partial charge in [0.2, 0.25) is 0 Å². The van der Waals surface area contributed by atoms with Crippen LogP contribution < -0.4 is 5.32 Å². The summed E-state index contributed by atoms with van der Waals surface area (Å²) in [7, 11) is 0. The highest BCUT2D eigenvalue weighted by atomic mass is 16.2. The summed E-state index contributed by atoms with van der Waals surface area (Å²) in [4.78, 5) is 26.9. The second kappa shape index (κ2) is 5.65. The van der Waals surface area contributed by atoms with Crippen molar-refractivity contribution in [3.63, 3.8) is 0 Å². The number of hydrogen-bond donors (Lipinski definition) is 1. The van der Waals surface area contributed by atoms with Crippen LogP contribution in [-0.2, 0) is 11.3 Å². The van der Waals surface area contributed by atoms with Gasteiger partial charge < -0.3 is 5.32 Å². The monoisotopic (exact) mass is 318 g/mol. The van der Waals surface area contributed by atoms with Crippen LogP contribution in [0.15, 0.2) is 12.3 Å². The number of nitrogens with one attached hydrogen (secondary N) is 1. The summed E-state index contributed by atoms with van der Waals surface area (Å²) >= 11 is 0. The molecule has 3 rings (SSSR count). The number of nitrogens with zero attached hydrogens (tertiary/aromatic N) is 3. The Morgan fingerprint density at radius 2 is 1.96 bits per heavy atom. The second-order valence-corrected chi connectivity index (χ2v) is 7.30. The van der Waals surface area contributed by atoms with Crippen molar-refractivity contribution < 1.29 is 9.59 Å². The zero-order chi connectivity index (χ0) is 16.8. The van der Waals surface area contributed by atoms with E-state index < -0.39 is 5.54 Å². The van der Waals surface area contributed by atoms with E-state index in [0.29, 0.717) is 0 Å². The van der Waals surface area contributed by atoms with Crippen molar-refractivity contribution in [2.45, 2.75) is 65.1 Å². The second-order valence-electron chi connectivity index (χ2n) is 7.30. The third-order valence-corrected chi connectivity index (χ3v) is 5.50. The maximum atomic E-state index is 13.1. The van der Waals surface area contributed by atoms with Crippen molar-refractivity contribution in [2.75, 3.05) is 0 Å². The molecule has 6 nitrogen and oxygen atoms in total. The molecule has 1 aliphatic carbocycles. The molecule has 1 N–H and O–H groups in total. The molecule has 1 saturated carbocycles. The number of imide groups is 1. The highest BCUT2D eigenvalue weighted by Crippen LogP contribution is 2.42. The van der Waals surface area contributed by atoms with Gasteiger partial charge in [0.05, 0.1) is 12.2 Å². The first-order chi connectivity index (χ1) is 10.9. The van der Waals surface area contributed by atoms with Gasteiger partial charge in [0.25, 0.3) is 5.91 Å². The van der Waals surface area contributed by atoms with Gasteiger partial charge in [-0.1, -0.05) is 20.3 Å². The van der Waals surface area contributed by atoms with Crippen molar-refractivity contribution >= 4 is 11.9 Å². The van der Waals surface area contributed by atoms with E-state index in [1.807, 2.05) is 30.8 Å². The Labute approximate surface area is 137 Å². The Bertz CT molecular complexity index is 612. The Kier molecular flexibility index (Phi) is 3.94. The fourth-order valence-corrected chi connectivity index (χ4v) is 4.01. The summed E-state index contributed by atoms with van der Waals surface area (Å²) in [6, 6.07) is 1.85. The quantitative estimate of drug-likeness (QED) is 0.871. The standard InChI is InChI=1S/C17H26N4O2/c1-11(2)21-9-8-14(19-21)10-20-15(22)17(18-16(20)23)12(3)6-5-7-13(17)4/h8-9,11-13H,5-7,10H2,1-4H3,(H,18,23)/t12-,13-/m0/s1.